The molecule has 0 saturated carbocycles. The van der Waals surface area contributed by atoms with Crippen LogP contribution in [0.15, 0.2) is 40.2 Å². The first-order chi connectivity index (χ1) is 9.16. The fourth-order valence-electron chi connectivity index (χ4n) is 2.10. The van der Waals surface area contributed by atoms with E-state index in [0.29, 0.717) is 12.1 Å². The normalized spacial score (nSPS) is 11.1. The van der Waals surface area contributed by atoms with Crippen molar-refractivity contribution in [2.75, 3.05) is 0 Å². The van der Waals surface area contributed by atoms with Crippen LogP contribution in [-0.4, -0.2) is 15.6 Å². The van der Waals surface area contributed by atoms with Crippen LogP contribution in [-0.2, 0) is 13.5 Å². The maximum Gasteiger partial charge on any atom is 0.188 e. The van der Waals surface area contributed by atoms with E-state index in [1.807, 2.05) is 42.8 Å². The standard InChI is InChI=1S/C14H11BrN2OS/c1-17-11-5-3-2-4-9(11)14(16-17)12(18)8-13-10(15)6-7-19-13/h2-7H,8H2,1H3. The summed E-state index contributed by atoms with van der Waals surface area (Å²) in [5, 5.41) is 7.25. The third-order valence-corrected chi connectivity index (χ3v) is 4.96. The lowest BCUT2D eigenvalue weighted by Gasteiger charge is -1.97. The van der Waals surface area contributed by atoms with Crippen molar-refractivity contribution >= 4 is 44.0 Å². The predicted octanol–water partition coefficient (Wildman–Crippen LogP) is 3.82. The van der Waals surface area contributed by atoms with E-state index in [2.05, 4.69) is 21.0 Å². The van der Waals surface area contributed by atoms with Crippen molar-refractivity contribution in [2.45, 2.75) is 6.42 Å². The second kappa shape index (κ2) is 4.90. The summed E-state index contributed by atoms with van der Waals surface area (Å²) in [5.41, 5.74) is 1.54. The maximum atomic E-state index is 12.4. The van der Waals surface area contributed by atoms with Gasteiger partial charge in [0.1, 0.15) is 5.69 Å². The van der Waals surface area contributed by atoms with Gasteiger partial charge in [0.25, 0.3) is 0 Å². The highest BCUT2D eigenvalue weighted by Gasteiger charge is 2.17. The zero-order valence-corrected chi connectivity index (χ0v) is 12.7. The van der Waals surface area contributed by atoms with Crippen LogP contribution in [0.3, 0.4) is 0 Å². The number of aryl methyl sites for hydroxylation is 1. The van der Waals surface area contributed by atoms with Crippen LogP contribution in [0.5, 0.6) is 0 Å². The molecule has 0 fully saturated rings. The number of carbonyl (C=O) groups is 1. The van der Waals surface area contributed by atoms with Gasteiger partial charge in [-0.15, -0.1) is 11.3 Å². The number of ketones is 1. The number of hydrogen-bond acceptors (Lipinski definition) is 3. The van der Waals surface area contributed by atoms with Crippen LogP contribution in [0.4, 0.5) is 0 Å². The summed E-state index contributed by atoms with van der Waals surface area (Å²) in [6.07, 6.45) is 0.388. The van der Waals surface area contributed by atoms with Gasteiger partial charge in [0, 0.05) is 28.2 Å². The number of benzene rings is 1. The lowest BCUT2D eigenvalue weighted by atomic mass is 10.1. The van der Waals surface area contributed by atoms with Gasteiger partial charge in [0.15, 0.2) is 5.78 Å². The number of hydrogen-bond donors (Lipinski definition) is 0. The molecule has 0 aliphatic rings. The first kappa shape index (κ1) is 12.6. The molecular formula is C14H11BrN2OS. The van der Waals surface area contributed by atoms with E-state index in [9.17, 15) is 4.79 Å². The van der Waals surface area contributed by atoms with Gasteiger partial charge >= 0.3 is 0 Å². The molecule has 1 aromatic carbocycles. The second-order valence-electron chi connectivity index (χ2n) is 4.28. The number of carbonyl (C=O) groups excluding carboxylic acids is 1. The molecule has 0 aliphatic carbocycles. The monoisotopic (exact) mass is 334 g/mol. The summed E-state index contributed by atoms with van der Waals surface area (Å²) in [5.74, 6) is 0.0555. The number of rotatable bonds is 3. The Morgan fingerprint density at radius 2 is 2.16 bits per heavy atom. The van der Waals surface area contributed by atoms with E-state index in [1.54, 1.807) is 16.0 Å². The molecule has 0 N–H and O–H groups in total. The molecule has 3 aromatic rings. The van der Waals surface area contributed by atoms with E-state index in [-0.39, 0.29) is 5.78 Å². The Kier molecular flexibility index (Phi) is 3.24. The van der Waals surface area contributed by atoms with Crippen molar-refractivity contribution in [1.29, 1.82) is 0 Å². The Bertz CT molecular complexity index is 760. The van der Waals surface area contributed by atoms with Crippen LogP contribution in [0.25, 0.3) is 10.9 Å². The minimum Gasteiger partial charge on any atom is -0.292 e. The molecule has 0 spiro atoms. The number of aromatic nitrogens is 2. The quantitative estimate of drug-likeness (QED) is 0.682. The van der Waals surface area contributed by atoms with Gasteiger partial charge in [0.05, 0.1) is 5.52 Å². The topological polar surface area (TPSA) is 34.9 Å². The van der Waals surface area contributed by atoms with Crippen molar-refractivity contribution < 1.29 is 4.79 Å². The van der Waals surface area contributed by atoms with E-state index in [4.69, 9.17) is 0 Å². The fourth-order valence-corrected chi connectivity index (χ4v) is 3.59. The maximum absolute atomic E-state index is 12.4. The van der Waals surface area contributed by atoms with Crippen LogP contribution < -0.4 is 0 Å². The highest BCUT2D eigenvalue weighted by Crippen LogP contribution is 2.25. The fraction of sp³-hybridized carbons (Fsp3) is 0.143. The Hall–Kier alpha value is -1.46. The number of Topliss-reactive ketones (excluding diaryl/α,β-unsaturated/α-hetero) is 1. The van der Waals surface area contributed by atoms with E-state index < -0.39 is 0 Å². The summed E-state index contributed by atoms with van der Waals surface area (Å²) < 4.78 is 2.75. The number of para-hydroxylation sites is 1. The number of halogens is 1. The average molecular weight is 335 g/mol. The third-order valence-electron chi connectivity index (χ3n) is 3.03. The van der Waals surface area contributed by atoms with Gasteiger partial charge in [-0.3, -0.25) is 9.48 Å². The van der Waals surface area contributed by atoms with Crippen molar-refractivity contribution in [3.8, 4) is 0 Å². The zero-order chi connectivity index (χ0) is 13.4. The average Bonchev–Trinajstić information content (AvgIpc) is 2.95. The molecule has 0 bridgehead atoms. The second-order valence-corrected chi connectivity index (χ2v) is 6.14. The molecule has 96 valence electrons. The van der Waals surface area contributed by atoms with Gasteiger partial charge in [-0.1, -0.05) is 18.2 Å². The summed E-state index contributed by atoms with van der Waals surface area (Å²) >= 11 is 5.04. The van der Waals surface area contributed by atoms with Crippen molar-refractivity contribution in [1.82, 2.24) is 9.78 Å². The number of fused-ring (bicyclic) bond motifs is 1. The minimum absolute atomic E-state index is 0.0555. The molecule has 0 radical (unpaired) electrons. The Morgan fingerprint density at radius 1 is 1.37 bits per heavy atom. The lowest BCUT2D eigenvalue weighted by Crippen LogP contribution is -2.05. The summed E-state index contributed by atoms with van der Waals surface area (Å²) in [7, 11) is 1.86. The van der Waals surface area contributed by atoms with E-state index >= 15 is 0 Å². The smallest absolute Gasteiger partial charge is 0.188 e. The zero-order valence-electron chi connectivity index (χ0n) is 10.3. The van der Waals surface area contributed by atoms with E-state index in [0.717, 1.165) is 20.3 Å². The molecule has 3 nitrogen and oxygen atoms in total. The highest BCUT2D eigenvalue weighted by molar-refractivity contribution is 9.10. The van der Waals surface area contributed by atoms with Gasteiger partial charge in [-0.05, 0) is 33.4 Å². The van der Waals surface area contributed by atoms with Gasteiger partial charge < -0.3 is 0 Å². The number of thiophene rings is 1. The molecule has 2 heterocycles. The number of nitrogens with zero attached hydrogens (tertiary/aromatic N) is 2. The largest absolute Gasteiger partial charge is 0.292 e. The summed E-state index contributed by atoms with van der Waals surface area (Å²) in [4.78, 5) is 13.4. The highest BCUT2D eigenvalue weighted by atomic mass is 79.9. The van der Waals surface area contributed by atoms with Crippen molar-refractivity contribution in [3.63, 3.8) is 0 Å². The predicted molar refractivity (Wildman–Crippen MR) is 80.8 cm³/mol. The first-order valence-electron chi connectivity index (χ1n) is 5.83. The molecule has 0 unspecified atom stereocenters. The Balaban J connectivity index is 2.01. The van der Waals surface area contributed by atoms with Crippen LogP contribution in [0, 0.1) is 0 Å². The summed E-state index contributed by atoms with van der Waals surface area (Å²) in [6.45, 7) is 0. The van der Waals surface area contributed by atoms with Crippen molar-refractivity contribution in [2.24, 2.45) is 7.05 Å². The molecule has 0 atom stereocenters. The minimum atomic E-state index is 0.0555. The van der Waals surface area contributed by atoms with Gasteiger partial charge in [-0.25, -0.2) is 0 Å². The van der Waals surface area contributed by atoms with Gasteiger partial charge in [0.2, 0.25) is 0 Å². The van der Waals surface area contributed by atoms with Gasteiger partial charge in [-0.2, -0.15) is 5.10 Å². The molecule has 0 saturated heterocycles. The first-order valence-corrected chi connectivity index (χ1v) is 7.51. The molecule has 19 heavy (non-hydrogen) atoms. The Labute approximate surface area is 123 Å². The SMILES string of the molecule is Cn1nc(C(=O)Cc2sccc2Br)c2ccccc21. The molecule has 0 aliphatic heterocycles. The Morgan fingerprint density at radius 3 is 2.89 bits per heavy atom. The molecule has 0 amide bonds. The van der Waals surface area contributed by atoms with Crippen LogP contribution in [0.1, 0.15) is 15.4 Å². The lowest BCUT2D eigenvalue weighted by molar-refractivity contribution is 0.0989. The molecule has 5 heteroatoms. The van der Waals surface area contributed by atoms with Crippen LogP contribution >= 0.6 is 27.3 Å². The molecule has 3 rings (SSSR count). The van der Waals surface area contributed by atoms with E-state index in [1.165, 1.54) is 0 Å². The van der Waals surface area contributed by atoms with Crippen LogP contribution in [0.2, 0.25) is 0 Å². The summed E-state index contributed by atoms with van der Waals surface area (Å²) in [6, 6.07) is 9.76. The molecular weight excluding hydrogens is 324 g/mol. The third kappa shape index (κ3) is 2.24. The van der Waals surface area contributed by atoms with Crippen molar-refractivity contribution in [3.05, 3.63) is 50.8 Å². The molecule has 2 aromatic heterocycles.